The van der Waals surface area contributed by atoms with Gasteiger partial charge in [-0.15, -0.1) is 11.3 Å². The van der Waals surface area contributed by atoms with Gasteiger partial charge < -0.3 is 9.72 Å². The van der Waals surface area contributed by atoms with Crippen molar-refractivity contribution >= 4 is 43.9 Å². The van der Waals surface area contributed by atoms with Crippen LogP contribution in [-0.2, 0) is 14.8 Å². The van der Waals surface area contributed by atoms with E-state index in [1.807, 2.05) is 30.5 Å². The number of hydrogen-bond acceptors (Lipinski definition) is 5. The van der Waals surface area contributed by atoms with Crippen molar-refractivity contribution in [3.8, 4) is 10.4 Å². The molecular weight excluding hydrogens is 408 g/mol. The van der Waals surface area contributed by atoms with E-state index in [-0.39, 0.29) is 10.8 Å². The Kier molecular flexibility index (Phi) is 5.12. The number of sulfonamides is 1. The summed E-state index contributed by atoms with van der Waals surface area (Å²) in [5.41, 5.74) is 2.71. The van der Waals surface area contributed by atoms with E-state index >= 15 is 0 Å². The fraction of sp³-hybridized carbons (Fsp3) is 0.0952. The lowest BCUT2D eigenvalue weighted by atomic mass is 10.1. The summed E-state index contributed by atoms with van der Waals surface area (Å²) in [4.78, 5) is 15.8. The van der Waals surface area contributed by atoms with Crippen molar-refractivity contribution in [2.45, 2.75) is 11.1 Å². The first-order chi connectivity index (χ1) is 14.0. The number of carbonyl (C=O) groups excluding carboxylic acids is 1. The standard InChI is InChI=1S/C21H18N2O4S2/c1-2-27-21(24)14-7-9-15(10-8-14)23-29(25,26)20-12-11-19(28-20)17-13-22-18-6-4-3-5-16(17)18/h3-13,22-23H,2H2,1H3. The van der Waals surface area contributed by atoms with Crippen LogP contribution in [0.25, 0.3) is 21.3 Å². The van der Waals surface area contributed by atoms with Gasteiger partial charge in [0.2, 0.25) is 0 Å². The number of thiophene rings is 1. The smallest absolute Gasteiger partial charge is 0.338 e. The molecule has 0 saturated carbocycles. The Labute approximate surface area is 172 Å². The van der Waals surface area contributed by atoms with Crippen LogP contribution in [0, 0.1) is 0 Å². The predicted molar refractivity (Wildman–Crippen MR) is 115 cm³/mol. The van der Waals surface area contributed by atoms with Gasteiger partial charge in [-0.2, -0.15) is 0 Å². The molecule has 2 heterocycles. The molecule has 0 spiro atoms. The van der Waals surface area contributed by atoms with Gasteiger partial charge in [0.15, 0.2) is 0 Å². The maximum Gasteiger partial charge on any atom is 0.338 e. The van der Waals surface area contributed by atoms with E-state index < -0.39 is 16.0 Å². The highest BCUT2D eigenvalue weighted by Crippen LogP contribution is 2.35. The SMILES string of the molecule is CCOC(=O)c1ccc(NS(=O)(=O)c2ccc(-c3c[nH]c4ccccc34)s2)cc1. The third kappa shape index (κ3) is 3.90. The van der Waals surface area contributed by atoms with E-state index in [0.29, 0.717) is 11.3 Å². The van der Waals surface area contributed by atoms with Gasteiger partial charge >= 0.3 is 5.97 Å². The lowest BCUT2D eigenvalue weighted by Gasteiger charge is -2.07. The zero-order valence-corrected chi connectivity index (χ0v) is 17.1. The van der Waals surface area contributed by atoms with Crippen LogP contribution in [0.1, 0.15) is 17.3 Å². The van der Waals surface area contributed by atoms with Crippen molar-refractivity contribution in [1.29, 1.82) is 0 Å². The Bertz CT molecular complexity index is 1270. The number of ether oxygens (including phenoxy) is 1. The van der Waals surface area contributed by atoms with Gasteiger partial charge in [0.25, 0.3) is 10.0 Å². The molecule has 0 fully saturated rings. The Morgan fingerprint density at radius 1 is 1.07 bits per heavy atom. The molecule has 0 bridgehead atoms. The van der Waals surface area contributed by atoms with Crippen molar-refractivity contribution < 1.29 is 17.9 Å². The molecule has 0 aliphatic rings. The first-order valence-electron chi connectivity index (χ1n) is 8.94. The summed E-state index contributed by atoms with van der Waals surface area (Å²) in [6, 6.07) is 17.4. The quantitative estimate of drug-likeness (QED) is 0.430. The van der Waals surface area contributed by atoms with E-state index in [4.69, 9.17) is 4.74 Å². The van der Waals surface area contributed by atoms with Crippen molar-refractivity contribution in [2.24, 2.45) is 0 Å². The average Bonchev–Trinajstić information content (AvgIpc) is 3.36. The average molecular weight is 427 g/mol. The maximum absolute atomic E-state index is 12.8. The van der Waals surface area contributed by atoms with Gasteiger partial charge in [0.05, 0.1) is 12.2 Å². The summed E-state index contributed by atoms with van der Waals surface area (Å²) >= 11 is 1.20. The first kappa shape index (κ1) is 19.2. The number of H-pyrrole nitrogens is 1. The topological polar surface area (TPSA) is 88.3 Å². The lowest BCUT2D eigenvalue weighted by Crippen LogP contribution is -2.11. The van der Waals surface area contributed by atoms with Crippen LogP contribution in [0.3, 0.4) is 0 Å². The summed E-state index contributed by atoms with van der Waals surface area (Å²) in [6.07, 6.45) is 1.88. The number of para-hydroxylation sites is 1. The number of nitrogens with one attached hydrogen (secondary N) is 2. The highest BCUT2D eigenvalue weighted by Gasteiger charge is 2.19. The van der Waals surface area contributed by atoms with Gasteiger partial charge in [-0.25, -0.2) is 13.2 Å². The zero-order chi connectivity index (χ0) is 20.4. The molecule has 0 radical (unpaired) electrons. The second-order valence-electron chi connectivity index (χ2n) is 6.27. The van der Waals surface area contributed by atoms with E-state index in [9.17, 15) is 13.2 Å². The lowest BCUT2D eigenvalue weighted by molar-refractivity contribution is 0.0526. The summed E-state index contributed by atoms with van der Waals surface area (Å²) < 4.78 is 33.2. The number of benzene rings is 2. The molecule has 2 aromatic carbocycles. The summed E-state index contributed by atoms with van der Waals surface area (Å²) in [5, 5.41) is 1.04. The third-order valence-electron chi connectivity index (χ3n) is 4.35. The van der Waals surface area contributed by atoms with Crippen LogP contribution in [0.5, 0.6) is 0 Å². The minimum atomic E-state index is -3.74. The Morgan fingerprint density at radius 2 is 1.83 bits per heavy atom. The van der Waals surface area contributed by atoms with Gasteiger partial charge in [0.1, 0.15) is 4.21 Å². The fourth-order valence-electron chi connectivity index (χ4n) is 2.98. The molecule has 0 saturated heterocycles. The second-order valence-corrected chi connectivity index (χ2v) is 9.26. The largest absolute Gasteiger partial charge is 0.462 e. The van der Waals surface area contributed by atoms with Crippen molar-refractivity contribution in [2.75, 3.05) is 11.3 Å². The number of rotatable bonds is 6. The van der Waals surface area contributed by atoms with E-state index in [2.05, 4.69) is 9.71 Å². The summed E-state index contributed by atoms with van der Waals surface area (Å²) in [6.45, 7) is 2.01. The van der Waals surface area contributed by atoms with Gasteiger partial charge in [0, 0.05) is 33.2 Å². The second kappa shape index (κ2) is 7.73. The molecule has 0 atom stereocenters. The molecule has 2 N–H and O–H groups in total. The molecule has 8 heteroatoms. The molecule has 0 aliphatic heterocycles. The normalized spacial score (nSPS) is 11.5. The first-order valence-corrected chi connectivity index (χ1v) is 11.2. The van der Waals surface area contributed by atoms with Gasteiger partial charge in [-0.05, 0) is 49.4 Å². The van der Waals surface area contributed by atoms with Gasteiger partial charge in [-0.1, -0.05) is 18.2 Å². The molecule has 29 heavy (non-hydrogen) atoms. The number of anilines is 1. The van der Waals surface area contributed by atoms with Crippen LogP contribution in [0.4, 0.5) is 5.69 Å². The van der Waals surface area contributed by atoms with Crippen LogP contribution >= 0.6 is 11.3 Å². The summed E-state index contributed by atoms with van der Waals surface area (Å²) in [7, 11) is -3.74. The molecule has 0 unspecified atom stereocenters. The Hall–Kier alpha value is -3.10. The molecule has 148 valence electrons. The van der Waals surface area contributed by atoms with Crippen LogP contribution in [0.2, 0.25) is 0 Å². The Balaban J connectivity index is 1.56. The minimum absolute atomic E-state index is 0.215. The van der Waals surface area contributed by atoms with Crippen LogP contribution in [0.15, 0.2) is 71.1 Å². The van der Waals surface area contributed by atoms with Crippen LogP contribution in [-0.4, -0.2) is 26.0 Å². The predicted octanol–water partition coefficient (Wildman–Crippen LogP) is 4.87. The van der Waals surface area contributed by atoms with Gasteiger partial charge in [-0.3, -0.25) is 4.72 Å². The molecular formula is C21H18N2O4S2. The van der Waals surface area contributed by atoms with Crippen LogP contribution < -0.4 is 4.72 Å². The van der Waals surface area contributed by atoms with Crippen molar-refractivity contribution in [1.82, 2.24) is 4.98 Å². The third-order valence-corrected chi connectivity index (χ3v) is 7.34. The summed E-state index contributed by atoms with van der Waals surface area (Å²) in [5.74, 6) is -0.441. The number of carbonyl (C=O) groups is 1. The Morgan fingerprint density at radius 3 is 2.59 bits per heavy atom. The maximum atomic E-state index is 12.8. The number of aromatic nitrogens is 1. The molecule has 2 aromatic heterocycles. The molecule has 0 amide bonds. The van der Waals surface area contributed by atoms with E-state index in [1.165, 1.54) is 35.6 Å². The molecule has 0 aliphatic carbocycles. The fourth-order valence-corrected chi connectivity index (χ4v) is 5.37. The van der Waals surface area contributed by atoms with Crippen molar-refractivity contribution in [3.63, 3.8) is 0 Å². The zero-order valence-electron chi connectivity index (χ0n) is 15.5. The monoisotopic (exact) mass is 426 g/mol. The van der Waals surface area contributed by atoms with E-state index in [0.717, 1.165) is 21.3 Å². The molecule has 4 aromatic rings. The number of aromatic amines is 1. The highest BCUT2D eigenvalue weighted by molar-refractivity contribution is 7.94. The number of hydrogen-bond donors (Lipinski definition) is 2. The van der Waals surface area contributed by atoms with E-state index in [1.54, 1.807) is 19.1 Å². The molecule has 4 rings (SSSR count). The molecule has 6 nitrogen and oxygen atoms in total. The highest BCUT2D eigenvalue weighted by atomic mass is 32.2. The van der Waals surface area contributed by atoms with Crippen molar-refractivity contribution in [3.05, 3.63) is 72.4 Å². The number of fused-ring (bicyclic) bond motifs is 1. The minimum Gasteiger partial charge on any atom is -0.462 e. The number of esters is 1.